The molecule has 3 rings (SSSR count). The Morgan fingerprint density at radius 1 is 1.35 bits per heavy atom. The number of nitrogens with zero attached hydrogens (tertiary/aromatic N) is 2. The monoisotopic (exact) mass is 357 g/mol. The van der Waals surface area contributed by atoms with E-state index in [1.165, 1.54) is 0 Å². The number of likely N-dealkylation sites (tertiary alicyclic amines) is 1. The van der Waals surface area contributed by atoms with Crippen molar-refractivity contribution in [3.8, 4) is 0 Å². The SMILES string of the molecule is Cc1cc2cc(C(=O)NCCC3CCC(=O)N3CCN(C)C)ccc2o1. The third-order valence-corrected chi connectivity index (χ3v) is 4.91. The summed E-state index contributed by atoms with van der Waals surface area (Å²) in [6, 6.07) is 7.61. The molecule has 26 heavy (non-hydrogen) atoms. The van der Waals surface area contributed by atoms with E-state index in [0.29, 0.717) is 18.5 Å². The maximum absolute atomic E-state index is 12.4. The van der Waals surface area contributed by atoms with E-state index >= 15 is 0 Å². The van der Waals surface area contributed by atoms with Crippen molar-refractivity contribution in [3.63, 3.8) is 0 Å². The van der Waals surface area contributed by atoms with Crippen LogP contribution in [0.25, 0.3) is 11.0 Å². The number of nitrogens with one attached hydrogen (secondary N) is 1. The molecular weight excluding hydrogens is 330 g/mol. The van der Waals surface area contributed by atoms with Gasteiger partial charge in [-0.05, 0) is 58.1 Å². The van der Waals surface area contributed by atoms with E-state index in [4.69, 9.17) is 4.42 Å². The van der Waals surface area contributed by atoms with E-state index in [9.17, 15) is 9.59 Å². The van der Waals surface area contributed by atoms with Crippen molar-refractivity contribution in [1.29, 1.82) is 0 Å². The Balaban J connectivity index is 1.52. The van der Waals surface area contributed by atoms with Crippen molar-refractivity contribution >= 4 is 22.8 Å². The molecule has 1 aromatic carbocycles. The van der Waals surface area contributed by atoms with Gasteiger partial charge in [0, 0.05) is 43.0 Å². The smallest absolute Gasteiger partial charge is 0.251 e. The standard InChI is InChI=1S/C20H27N3O3/c1-14-12-16-13-15(4-6-18(16)26-14)20(25)21-9-8-17-5-7-19(24)23(17)11-10-22(2)3/h4,6,12-13,17H,5,7-11H2,1-3H3,(H,21,25). The molecule has 2 aromatic rings. The maximum Gasteiger partial charge on any atom is 0.251 e. The zero-order valence-electron chi connectivity index (χ0n) is 15.7. The van der Waals surface area contributed by atoms with Crippen molar-refractivity contribution in [2.24, 2.45) is 0 Å². The highest BCUT2D eigenvalue weighted by Crippen LogP contribution is 2.22. The second kappa shape index (κ2) is 7.91. The number of amides is 2. The van der Waals surface area contributed by atoms with Gasteiger partial charge in [-0.25, -0.2) is 0 Å². The van der Waals surface area contributed by atoms with Crippen LogP contribution < -0.4 is 5.32 Å². The largest absolute Gasteiger partial charge is 0.461 e. The van der Waals surface area contributed by atoms with E-state index in [-0.39, 0.29) is 17.9 Å². The summed E-state index contributed by atoms with van der Waals surface area (Å²) in [5.41, 5.74) is 1.42. The lowest BCUT2D eigenvalue weighted by molar-refractivity contribution is -0.129. The summed E-state index contributed by atoms with van der Waals surface area (Å²) in [6.07, 6.45) is 2.28. The molecule has 2 amide bonds. The van der Waals surface area contributed by atoms with Gasteiger partial charge in [-0.2, -0.15) is 0 Å². The fourth-order valence-electron chi connectivity index (χ4n) is 3.48. The lowest BCUT2D eigenvalue weighted by atomic mass is 10.1. The molecule has 1 aliphatic rings. The minimum absolute atomic E-state index is 0.0880. The summed E-state index contributed by atoms with van der Waals surface area (Å²) in [5.74, 6) is 0.972. The van der Waals surface area contributed by atoms with Gasteiger partial charge in [0.1, 0.15) is 11.3 Å². The second-order valence-electron chi connectivity index (χ2n) is 7.24. The van der Waals surface area contributed by atoms with Gasteiger partial charge >= 0.3 is 0 Å². The number of furan rings is 1. The van der Waals surface area contributed by atoms with Crippen LogP contribution in [0.1, 0.15) is 35.4 Å². The minimum atomic E-state index is -0.0880. The molecule has 0 radical (unpaired) electrons. The highest BCUT2D eigenvalue weighted by atomic mass is 16.3. The first kappa shape index (κ1) is 18.5. The van der Waals surface area contributed by atoms with E-state index in [0.717, 1.165) is 42.7 Å². The lowest BCUT2D eigenvalue weighted by Gasteiger charge is -2.26. The Morgan fingerprint density at radius 3 is 2.92 bits per heavy atom. The number of fused-ring (bicyclic) bond motifs is 1. The average Bonchev–Trinajstić information content (AvgIpc) is 3.13. The normalized spacial score (nSPS) is 17.5. The van der Waals surface area contributed by atoms with Crippen LogP contribution in [0.5, 0.6) is 0 Å². The van der Waals surface area contributed by atoms with Crippen molar-refractivity contribution < 1.29 is 14.0 Å². The number of carbonyl (C=O) groups excluding carboxylic acids is 2. The molecular formula is C20H27N3O3. The van der Waals surface area contributed by atoms with Crippen molar-refractivity contribution in [1.82, 2.24) is 15.1 Å². The topological polar surface area (TPSA) is 65.8 Å². The molecule has 1 N–H and O–H groups in total. The van der Waals surface area contributed by atoms with Gasteiger partial charge < -0.3 is 19.5 Å². The molecule has 6 heteroatoms. The Kier molecular flexibility index (Phi) is 5.61. The fourth-order valence-corrected chi connectivity index (χ4v) is 3.48. The Hall–Kier alpha value is -2.34. The van der Waals surface area contributed by atoms with E-state index in [1.807, 2.05) is 44.1 Å². The first-order valence-corrected chi connectivity index (χ1v) is 9.16. The molecule has 2 heterocycles. The Labute approximate surface area is 154 Å². The summed E-state index contributed by atoms with van der Waals surface area (Å²) >= 11 is 0. The number of rotatable bonds is 7. The van der Waals surface area contributed by atoms with Crippen LogP contribution in [0.15, 0.2) is 28.7 Å². The van der Waals surface area contributed by atoms with Crippen LogP contribution >= 0.6 is 0 Å². The third kappa shape index (κ3) is 4.25. The molecule has 1 atom stereocenters. The lowest BCUT2D eigenvalue weighted by Crippen LogP contribution is -2.40. The highest BCUT2D eigenvalue weighted by Gasteiger charge is 2.30. The fraction of sp³-hybridized carbons (Fsp3) is 0.500. The van der Waals surface area contributed by atoms with E-state index in [2.05, 4.69) is 10.2 Å². The number of likely N-dealkylation sites (N-methyl/N-ethyl adjacent to an activating group) is 1. The summed E-state index contributed by atoms with van der Waals surface area (Å²) in [4.78, 5) is 28.5. The van der Waals surface area contributed by atoms with Crippen molar-refractivity contribution in [3.05, 3.63) is 35.6 Å². The molecule has 140 valence electrons. The molecule has 1 aromatic heterocycles. The van der Waals surface area contributed by atoms with E-state index in [1.54, 1.807) is 6.07 Å². The predicted octanol–water partition coefficient (Wildman–Crippen LogP) is 2.41. The molecule has 0 saturated carbocycles. The number of aryl methyl sites for hydroxylation is 1. The van der Waals surface area contributed by atoms with Gasteiger partial charge in [0.15, 0.2) is 0 Å². The zero-order valence-corrected chi connectivity index (χ0v) is 15.7. The molecule has 6 nitrogen and oxygen atoms in total. The Morgan fingerprint density at radius 2 is 2.15 bits per heavy atom. The zero-order chi connectivity index (χ0) is 18.7. The molecule has 1 unspecified atom stereocenters. The van der Waals surface area contributed by atoms with Crippen molar-refractivity contribution in [2.45, 2.75) is 32.2 Å². The molecule has 0 bridgehead atoms. The van der Waals surface area contributed by atoms with Crippen LogP contribution in [0.4, 0.5) is 0 Å². The molecule has 1 saturated heterocycles. The number of carbonyl (C=O) groups is 2. The van der Waals surface area contributed by atoms with Gasteiger partial charge in [-0.1, -0.05) is 0 Å². The maximum atomic E-state index is 12.4. The van der Waals surface area contributed by atoms with Crippen LogP contribution in [0, 0.1) is 6.92 Å². The van der Waals surface area contributed by atoms with Crippen LogP contribution in [0.2, 0.25) is 0 Å². The quantitative estimate of drug-likeness (QED) is 0.826. The Bertz CT molecular complexity index is 797. The minimum Gasteiger partial charge on any atom is -0.461 e. The third-order valence-electron chi connectivity index (χ3n) is 4.91. The van der Waals surface area contributed by atoms with Crippen LogP contribution in [0.3, 0.4) is 0 Å². The van der Waals surface area contributed by atoms with Gasteiger partial charge in [0.05, 0.1) is 0 Å². The predicted molar refractivity (Wildman–Crippen MR) is 101 cm³/mol. The van der Waals surface area contributed by atoms with Crippen LogP contribution in [-0.4, -0.2) is 61.4 Å². The average molecular weight is 357 g/mol. The number of hydrogen-bond acceptors (Lipinski definition) is 4. The van der Waals surface area contributed by atoms with Crippen molar-refractivity contribution in [2.75, 3.05) is 33.7 Å². The second-order valence-corrected chi connectivity index (χ2v) is 7.24. The highest BCUT2D eigenvalue weighted by molar-refractivity contribution is 5.97. The summed E-state index contributed by atoms with van der Waals surface area (Å²) < 4.78 is 5.54. The van der Waals surface area contributed by atoms with Gasteiger partial charge in [-0.15, -0.1) is 0 Å². The summed E-state index contributed by atoms with van der Waals surface area (Å²) in [6.45, 7) is 4.07. The number of benzene rings is 1. The first-order chi connectivity index (χ1) is 12.4. The van der Waals surface area contributed by atoms with Gasteiger partial charge in [-0.3, -0.25) is 9.59 Å². The summed E-state index contributed by atoms with van der Waals surface area (Å²) in [5, 5.41) is 3.92. The molecule has 0 spiro atoms. The van der Waals surface area contributed by atoms with Gasteiger partial charge in [0.25, 0.3) is 5.91 Å². The summed E-state index contributed by atoms with van der Waals surface area (Å²) in [7, 11) is 4.02. The molecule has 0 aliphatic carbocycles. The molecule has 1 aliphatic heterocycles. The van der Waals surface area contributed by atoms with E-state index < -0.39 is 0 Å². The van der Waals surface area contributed by atoms with Crippen LogP contribution in [-0.2, 0) is 4.79 Å². The van der Waals surface area contributed by atoms with Gasteiger partial charge in [0.2, 0.25) is 5.91 Å². The number of hydrogen-bond donors (Lipinski definition) is 1. The molecule has 1 fully saturated rings. The first-order valence-electron chi connectivity index (χ1n) is 9.16.